The van der Waals surface area contributed by atoms with E-state index in [1.54, 1.807) is 14.0 Å². The molecule has 0 saturated heterocycles. The van der Waals surface area contributed by atoms with Gasteiger partial charge in [-0.2, -0.15) is 18.2 Å². The van der Waals surface area contributed by atoms with Crippen molar-refractivity contribution in [2.75, 3.05) is 20.3 Å². The van der Waals surface area contributed by atoms with Crippen LogP contribution in [0.1, 0.15) is 41.0 Å². The second-order valence-corrected chi connectivity index (χ2v) is 5.95. The number of aromatic amines is 1. The van der Waals surface area contributed by atoms with E-state index < -0.39 is 29.2 Å². The van der Waals surface area contributed by atoms with Crippen LogP contribution >= 0.6 is 0 Å². The molecule has 0 saturated carbocycles. The van der Waals surface area contributed by atoms with E-state index in [0.29, 0.717) is 18.6 Å². The van der Waals surface area contributed by atoms with Gasteiger partial charge in [0.25, 0.3) is 17.5 Å². The lowest BCUT2D eigenvalue weighted by Crippen LogP contribution is -2.29. The van der Waals surface area contributed by atoms with Gasteiger partial charge in [0.05, 0.1) is 18.2 Å². The molecule has 0 aliphatic rings. The van der Waals surface area contributed by atoms with E-state index >= 15 is 0 Å². The first-order chi connectivity index (χ1) is 13.2. The van der Waals surface area contributed by atoms with E-state index in [0.717, 1.165) is 18.2 Å². The average molecular weight is 399 g/mol. The molecule has 1 atom stereocenters. The summed E-state index contributed by atoms with van der Waals surface area (Å²) in [5.74, 6) is -0.653. The number of nitrogens with zero attached hydrogens (tertiary/aromatic N) is 1. The second kappa shape index (κ2) is 9.36. The van der Waals surface area contributed by atoms with Gasteiger partial charge in [0.15, 0.2) is 0 Å². The molecule has 0 radical (unpaired) electrons. The molecular formula is C18H20F3N3O4. The normalized spacial score (nSPS) is 12.5. The largest absolute Gasteiger partial charge is 0.465 e. The van der Waals surface area contributed by atoms with Crippen LogP contribution in [0.25, 0.3) is 0 Å². The summed E-state index contributed by atoms with van der Waals surface area (Å²) in [5, 5.41) is 2.59. The van der Waals surface area contributed by atoms with Crippen LogP contribution in [0.4, 0.5) is 13.2 Å². The Morgan fingerprint density at radius 1 is 1.25 bits per heavy atom. The Kier molecular flexibility index (Phi) is 7.16. The van der Waals surface area contributed by atoms with E-state index in [-0.39, 0.29) is 18.3 Å². The van der Waals surface area contributed by atoms with E-state index in [9.17, 15) is 22.8 Å². The van der Waals surface area contributed by atoms with Gasteiger partial charge < -0.3 is 14.8 Å². The van der Waals surface area contributed by atoms with Crippen molar-refractivity contribution in [3.63, 3.8) is 0 Å². The highest BCUT2D eigenvalue weighted by Gasteiger charge is 2.30. The summed E-state index contributed by atoms with van der Waals surface area (Å²) < 4.78 is 48.0. The number of carbonyl (C=O) groups excluding carboxylic acids is 1. The molecule has 7 nitrogen and oxygen atoms in total. The van der Waals surface area contributed by atoms with Crippen LogP contribution < -0.4 is 15.6 Å². The molecule has 0 spiro atoms. The molecule has 2 N–H and O–H groups in total. The number of H-pyrrole nitrogens is 1. The number of carbonyl (C=O) groups is 1. The van der Waals surface area contributed by atoms with Crippen molar-refractivity contribution in [1.29, 1.82) is 0 Å². The summed E-state index contributed by atoms with van der Waals surface area (Å²) in [7, 11) is 1.54. The van der Waals surface area contributed by atoms with Crippen LogP contribution in [0, 0.1) is 0 Å². The van der Waals surface area contributed by atoms with Crippen molar-refractivity contribution in [1.82, 2.24) is 15.3 Å². The fourth-order valence-electron chi connectivity index (χ4n) is 2.31. The second-order valence-electron chi connectivity index (χ2n) is 5.95. The number of nitrogens with one attached hydrogen (secondary N) is 2. The van der Waals surface area contributed by atoms with Gasteiger partial charge in [0.1, 0.15) is 5.69 Å². The SMILES string of the molecule is COCCCOc1nc(C(=O)NC(C)c2ccc(C(F)(F)F)cc2)cc(=O)[nH]1. The van der Waals surface area contributed by atoms with E-state index in [1.165, 1.54) is 12.1 Å². The van der Waals surface area contributed by atoms with Gasteiger partial charge in [-0.3, -0.25) is 14.6 Å². The highest BCUT2D eigenvalue weighted by Crippen LogP contribution is 2.29. The van der Waals surface area contributed by atoms with Crippen LogP contribution in [0.3, 0.4) is 0 Å². The van der Waals surface area contributed by atoms with Crippen molar-refractivity contribution >= 4 is 5.91 Å². The molecular weight excluding hydrogens is 379 g/mol. The summed E-state index contributed by atoms with van der Waals surface area (Å²) in [5.41, 5.74) is -1.03. The highest BCUT2D eigenvalue weighted by atomic mass is 19.4. The topological polar surface area (TPSA) is 93.3 Å². The number of benzene rings is 1. The summed E-state index contributed by atoms with van der Waals surface area (Å²) >= 11 is 0. The summed E-state index contributed by atoms with van der Waals surface area (Å²) in [6.45, 7) is 2.31. The monoisotopic (exact) mass is 399 g/mol. The number of hydrogen-bond acceptors (Lipinski definition) is 5. The predicted octanol–water partition coefficient (Wildman–Crippen LogP) is 2.70. The van der Waals surface area contributed by atoms with Crippen LogP contribution in [0.2, 0.25) is 0 Å². The molecule has 2 aromatic rings. The molecule has 1 heterocycles. The maximum Gasteiger partial charge on any atom is 0.416 e. The van der Waals surface area contributed by atoms with Gasteiger partial charge in [-0.15, -0.1) is 0 Å². The van der Waals surface area contributed by atoms with Crippen molar-refractivity contribution in [2.24, 2.45) is 0 Å². The fraction of sp³-hybridized carbons (Fsp3) is 0.389. The molecule has 152 valence electrons. The molecule has 2 rings (SSSR count). The Labute approximate surface area is 158 Å². The molecule has 0 bridgehead atoms. The smallest absolute Gasteiger partial charge is 0.416 e. The minimum absolute atomic E-state index is 0.101. The number of hydrogen-bond donors (Lipinski definition) is 2. The van der Waals surface area contributed by atoms with Gasteiger partial charge in [-0.1, -0.05) is 12.1 Å². The third-order valence-electron chi connectivity index (χ3n) is 3.77. The van der Waals surface area contributed by atoms with Gasteiger partial charge in [0.2, 0.25) is 0 Å². The number of rotatable bonds is 8. The Balaban J connectivity index is 2.05. The average Bonchev–Trinajstić information content (AvgIpc) is 2.64. The number of ether oxygens (including phenoxy) is 2. The molecule has 0 aliphatic carbocycles. The number of halogens is 3. The minimum Gasteiger partial charge on any atom is -0.465 e. The molecule has 1 aromatic carbocycles. The van der Waals surface area contributed by atoms with Crippen LogP contribution in [0.5, 0.6) is 6.01 Å². The first-order valence-electron chi connectivity index (χ1n) is 8.42. The zero-order chi connectivity index (χ0) is 20.7. The zero-order valence-corrected chi connectivity index (χ0v) is 15.3. The summed E-state index contributed by atoms with van der Waals surface area (Å²) in [6.07, 6.45) is -3.86. The number of aromatic nitrogens is 2. The van der Waals surface area contributed by atoms with Crippen LogP contribution in [-0.2, 0) is 10.9 Å². The first-order valence-corrected chi connectivity index (χ1v) is 8.42. The van der Waals surface area contributed by atoms with E-state index in [2.05, 4.69) is 15.3 Å². The molecule has 1 unspecified atom stereocenters. The summed E-state index contributed by atoms with van der Waals surface area (Å²) in [6, 6.07) is 4.76. The lowest BCUT2D eigenvalue weighted by molar-refractivity contribution is -0.137. The van der Waals surface area contributed by atoms with Crippen LogP contribution in [-0.4, -0.2) is 36.2 Å². The molecule has 1 aromatic heterocycles. The molecule has 28 heavy (non-hydrogen) atoms. The molecule has 0 aliphatic heterocycles. The Bertz CT molecular complexity index is 850. The Morgan fingerprint density at radius 3 is 2.54 bits per heavy atom. The Hall–Kier alpha value is -2.88. The minimum atomic E-state index is -4.43. The van der Waals surface area contributed by atoms with Gasteiger partial charge >= 0.3 is 6.18 Å². The summed E-state index contributed by atoms with van der Waals surface area (Å²) in [4.78, 5) is 30.4. The van der Waals surface area contributed by atoms with Crippen LogP contribution in [0.15, 0.2) is 35.1 Å². The molecule has 1 amide bonds. The van der Waals surface area contributed by atoms with Gasteiger partial charge in [0, 0.05) is 26.2 Å². The standard InChI is InChI=1S/C18H20F3N3O4/c1-11(12-4-6-13(7-5-12)18(19,20)21)22-16(26)14-10-15(25)24-17(23-14)28-9-3-8-27-2/h4-7,10-11H,3,8-9H2,1-2H3,(H,22,26)(H,23,24,25). The molecule has 0 fully saturated rings. The molecule has 10 heteroatoms. The van der Waals surface area contributed by atoms with Crippen molar-refractivity contribution in [3.05, 3.63) is 57.5 Å². The third kappa shape index (κ3) is 6.08. The quantitative estimate of drug-likeness (QED) is 0.666. The third-order valence-corrected chi connectivity index (χ3v) is 3.77. The van der Waals surface area contributed by atoms with E-state index in [1.807, 2.05) is 0 Å². The first kappa shape index (κ1) is 21.4. The fourth-order valence-corrected chi connectivity index (χ4v) is 2.31. The lowest BCUT2D eigenvalue weighted by Gasteiger charge is -2.15. The number of methoxy groups -OCH3 is 1. The number of amides is 1. The zero-order valence-electron chi connectivity index (χ0n) is 15.3. The lowest BCUT2D eigenvalue weighted by atomic mass is 10.1. The predicted molar refractivity (Wildman–Crippen MR) is 94.2 cm³/mol. The maximum absolute atomic E-state index is 12.6. The van der Waals surface area contributed by atoms with E-state index in [4.69, 9.17) is 9.47 Å². The number of alkyl halides is 3. The van der Waals surface area contributed by atoms with Crippen molar-refractivity contribution in [3.8, 4) is 6.01 Å². The Morgan fingerprint density at radius 2 is 1.93 bits per heavy atom. The van der Waals surface area contributed by atoms with Gasteiger partial charge in [-0.05, 0) is 24.6 Å². The highest BCUT2D eigenvalue weighted by molar-refractivity contribution is 5.92. The maximum atomic E-state index is 12.6. The van der Waals surface area contributed by atoms with Crippen molar-refractivity contribution < 1.29 is 27.4 Å². The van der Waals surface area contributed by atoms with Crippen molar-refractivity contribution in [2.45, 2.75) is 25.6 Å². The van der Waals surface area contributed by atoms with Gasteiger partial charge in [-0.25, -0.2) is 0 Å².